The third kappa shape index (κ3) is 4.46. The Labute approximate surface area is 163 Å². The third-order valence-corrected chi connectivity index (χ3v) is 5.33. The van der Waals surface area contributed by atoms with Crippen LogP contribution in [0.5, 0.6) is 5.75 Å². The summed E-state index contributed by atoms with van der Waals surface area (Å²) in [5.41, 5.74) is 2.94. The van der Waals surface area contributed by atoms with E-state index in [2.05, 4.69) is 40.0 Å². The molecule has 1 aliphatic rings. The summed E-state index contributed by atoms with van der Waals surface area (Å²) >= 11 is 3.50. The van der Waals surface area contributed by atoms with E-state index in [-0.39, 0.29) is 11.9 Å². The van der Waals surface area contributed by atoms with Crippen LogP contribution in [0, 0.1) is 0 Å². The van der Waals surface area contributed by atoms with E-state index in [9.17, 15) is 4.79 Å². The van der Waals surface area contributed by atoms with Crippen LogP contribution in [0.15, 0.2) is 46.9 Å². The van der Waals surface area contributed by atoms with Crippen LogP contribution >= 0.6 is 15.9 Å². The molecule has 1 atom stereocenters. The van der Waals surface area contributed by atoms with Gasteiger partial charge in [0.1, 0.15) is 5.75 Å². The van der Waals surface area contributed by atoms with Gasteiger partial charge in [0.25, 0.3) is 5.91 Å². The molecule has 0 fully saturated rings. The van der Waals surface area contributed by atoms with Crippen LogP contribution in [0.1, 0.15) is 47.8 Å². The van der Waals surface area contributed by atoms with Gasteiger partial charge in [-0.2, -0.15) is 0 Å². The predicted molar refractivity (Wildman–Crippen MR) is 108 cm³/mol. The largest absolute Gasteiger partial charge is 0.493 e. The summed E-state index contributed by atoms with van der Waals surface area (Å²) in [5.74, 6) is 0.802. The van der Waals surface area contributed by atoms with Crippen LogP contribution in [0.25, 0.3) is 0 Å². The first kappa shape index (κ1) is 18.9. The second kappa shape index (κ2) is 8.69. The number of benzene rings is 2. The van der Waals surface area contributed by atoms with Crippen molar-refractivity contribution in [2.45, 2.75) is 32.9 Å². The molecule has 26 heavy (non-hydrogen) atoms. The number of nitrogens with one attached hydrogen (secondary N) is 1. The number of fused-ring (bicyclic) bond motifs is 1. The van der Waals surface area contributed by atoms with Crippen LogP contribution in [-0.2, 0) is 6.54 Å². The lowest BCUT2D eigenvalue weighted by Gasteiger charge is -2.27. The van der Waals surface area contributed by atoms with Gasteiger partial charge in [-0.15, -0.1) is 0 Å². The molecule has 0 aliphatic carbocycles. The highest BCUT2D eigenvalue weighted by Crippen LogP contribution is 2.34. The predicted octanol–water partition coefficient (Wildman–Crippen LogP) is 4.54. The minimum absolute atomic E-state index is 0.0286. The van der Waals surface area contributed by atoms with E-state index in [0.29, 0.717) is 12.2 Å². The fourth-order valence-corrected chi connectivity index (χ4v) is 3.60. The summed E-state index contributed by atoms with van der Waals surface area (Å²) in [4.78, 5) is 15.0. The summed E-state index contributed by atoms with van der Waals surface area (Å²) < 4.78 is 6.68. The van der Waals surface area contributed by atoms with Crippen molar-refractivity contribution in [3.63, 3.8) is 0 Å². The summed E-state index contributed by atoms with van der Waals surface area (Å²) in [6, 6.07) is 13.8. The van der Waals surface area contributed by atoms with Crippen molar-refractivity contribution in [1.29, 1.82) is 0 Å². The van der Waals surface area contributed by atoms with Gasteiger partial charge in [-0.05, 0) is 49.0 Å². The fourth-order valence-electron chi connectivity index (χ4n) is 3.22. The molecule has 1 aliphatic heterocycles. The number of halogens is 1. The smallest absolute Gasteiger partial charge is 0.251 e. The fraction of sp³-hybridized carbons (Fsp3) is 0.381. The first-order chi connectivity index (χ1) is 12.6. The first-order valence-corrected chi connectivity index (χ1v) is 9.94. The molecule has 1 heterocycles. The lowest BCUT2D eigenvalue weighted by molar-refractivity contribution is 0.0924. The molecule has 2 aromatic carbocycles. The van der Waals surface area contributed by atoms with Crippen LogP contribution in [-0.4, -0.2) is 30.5 Å². The molecule has 0 bridgehead atoms. The standard InChI is InChI=1S/C21H25BrN2O2/c1-3-24(4-2)14-15-5-7-16(8-6-15)21(25)23-19-11-12-26-20-10-9-17(22)13-18(19)20/h5-10,13,19H,3-4,11-12,14H2,1-2H3,(H,23,25). The molecule has 1 N–H and O–H groups in total. The van der Waals surface area contributed by atoms with E-state index in [4.69, 9.17) is 4.74 Å². The normalized spacial score (nSPS) is 16.1. The van der Waals surface area contributed by atoms with E-state index in [0.717, 1.165) is 41.8 Å². The molecule has 4 nitrogen and oxygen atoms in total. The van der Waals surface area contributed by atoms with Crippen molar-refractivity contribution in [3.05, 3.63) is 63.6 Å². The van der Waals surface area contributed by atoms with Gasteiger partial charge in [-0.25, -0.2) is 0 Å². The average Bonchev–Trinajstić information content (AvgIpc) is 2.67. The van der Waals surface area contributed by atoms with Gasteiger partial charge in [0, 0.05) is 28.6 Å². The minimum Gasteiger partial charge on any atom is -0.493 e. The monoisotopic (exact) mass is 416 g/mol. The van der Waals surface area contributed by atoms with Gasteiger partial charge in [0.15, 0.2) is 0 Å². The van der Waals surface area contributed by atoms with Crippen LogP contribution < -0.4 is 10.1 Å². The van der Waals surface area contributed by atoms with Gasteiger partial charge in [0.2, 0.25) is 0 Å². The molecule has 0 aromatic heterocycles. The van der Waals surface area contributed by atoms with E-state index >= 15 is 0 Å². The van der Waals surface area contributed by atoms with Crippen LogP contribution in [0.3, 0.4) is 0 Å². The molecule has 5 heteroatoms. The van der Waals surface area contributed by atoms with Crippen molar-refractivity contribution in [3.8, 4) is 5.75 Å². The lowest BCUT2D eigenvalue weighted by atomic mass is 10.00. The highest BCUT2D eigenvalue weighted by atomic mass is 79.9. The Hall–Kier alpha value is -1.85. The molecule has 2 aromatic rings. The molecular weight excluding hydrogens is 392 g/mol. The number of hydrogen-bond acceptors (Lipinski definition) is 3. The first-order valence-electron chi connectivity index (χ1n) is 9.15. The van der Waals surface area contributed by atoms with Crippen LogP contribution in [0.4, 0.5) is 0 Å². The second-order valence-electron chi connectivity index (χ2n) is 6.50. The molecule has 0 radical (unpaired) electrons. The molecule has 0 saturated heterocycles. The Morgan fingerprint density at radius 3 is 2.62 bits per heavy atom. The van der Waals surface area contributed by atoms with Crippen molar-refractivity contribution < 1.29 is 9.53 Å². The third-order valence-electron chi connectivity index (χ3n) is 4.83. The number of rotatable bonds is 6. The SMILES string of the molecule is CCN(CC)Cc1ccc(C(=O)NC2CCOc3ccc(Br)cc32)cc1. The summed E-state index contributed by atoms with van der Waals surface area (Å²) in [7, 11) is 0. The van der Waals surface area contributed by atoms with Crippen LogP contribution in [0.2, 0.25) is 0 Å². The van der Waals surface area contributed by atoms with Gasteiger partial charge >= 0.3 is 0 Å². The van der Waals surface area contributed by atoms with Gasteiger partial charge in [0.05, 0.1) is 12.6 Å². The molecule has 1 unspecified atom stereocenters. The molecular formula is C21H25BrN2O2. The van der Waals surface area contributed by atoms with Crippen molar-refractivity contribution in [1.82, 2.24) is 10.2 Å². The number of carbonyl (C=O) groups is 1. The number of hydrogen-bond donors (Lipinski definition) is 1. The number of amides is 1. The maximum atomic E-state index is 12.7. The Balaban J connectivity index is 1.68. The van der Waals surface area contributed by atoms with Crippen molar-refractivity contribution in [2.24, 2.45) is 0 Å². The van der Waals surface area contributed by atoms with E-state index < -0.39 is 0 Å². The quantitative estimate of drug-likeness (QED) is 0.750. The Kier molecular flexibility index (Phi) is 6.33. The van der Waals surface area contributed by atoms with Gasteiger partial charge in [-0.3, -0.25) is 9.69 Å². The highest BCUT2D eigenvalue weighted by Gasteiger charge is 2.23. The zero-order valence-electron chi connectivity index (χ0n) is 15.3. The van der Waals surface area contributed by atoms with E-state index in [1.54, 1.807) is 0 Å². The van der Waals surface area contributed by atoms with Gasteiger partial charge in [-0.1, -0.05) is 41.9 Å². The lowest BCUT2D eigenvalue weighted by Crippen LogP contribution is -2.32. The molecule has 0 saturated carbocycles. The highest BCUT2D eigenvalue weighted by molar-refractivity contribution is 9.10. The molecule has 1 amide bonds. The van der Waals surface area contributed by atoms with Crippen molar-refractivity contribution >= 4 is 21.8 Å². The zero-order valence-corrected chi connectivity index (χ0v) is 16.9. The summed E-state index contributed by atoms with van der Waals surface area (Å²) in [6.07, 6.45) is 0.773. The van der Waals surface area contributed by atoms with Crippen molar-refractivity contribution in [2.75, 3.05) is 19.7 Å². The number of carbonyl (C=O) groups excluding carboxylic acids is 1. The zero-order chi connectivity index (χ0) is 18.5. The number of ether oxygens (including phenoxy) is 1. The van der Waals surface area contributed by atoms with E-state index in [1.165, 1.54) is 5.56 Å². The Morgan fingerprint density at radius 2 is 1.92 bits per heavy atom. The van der Waals surface area contributed by atoms with E-state index in [1.807, 2.05) is 42.5 Å². The molecule has 0 spiro atoms. The number of nitrogens with zero attached hydrogens (tertiary/aromatic N) is 1. The maximum absolute atomic E-state index is 12.7. The van der Waals surface area contributed by atoms with Gasteiger partial charge < -0.3 is 10.1 Å². The Bertz CT molecular complexity index is 757. The Morgan fingerprint density at radius 1 is 1.19 bits per heavy atom. The molecule has 138 valence electrons. The summed E-state index contributed by atoms with van der Waals surface area (Å²) in [5, 5.41) is 3.15. The molecule has 3 rings (SSSR count). The second-order valence-corrected chi connectivity index (χ2v) is 7.42. The minimum atomic E-state index is -0.0442. The topological polar surface area (TPSA) is 41.6 Å². The summed E-state index contributed by atoms with van der Waals surface area (Å²) in [6.45, 7) is 7.90. The average molecular weight is 417 g/mol. The maximum Gasteiger partial charge on any atom is 0.251 e.